The Morgan fingerprint density at radius 3 is 3.33 bits per heavy atom. The zero-order valence-electron chi connectivity index (χ0n) is 4.48. The van der Waals surface area contributed by atoms with Crippen molar-refractivity contribution < 1.29 is 0 Å². The molecule has 4 heteroatoms. The molecule has 0 unspecified atom stereocenters. The van der Waals surface area contributed by atoms with Crippen LogP contribution < -0.4 is 0 Å². The maximum absolute atomic E-state index is 4.12. The first-order valence-corrected chi connectivity index (χ1v) is 3.80. The molecule has 2 nitrogen and oxygen atoms in total. The van der Waals surface area contributed by atoms with Crippen LogP contribution in [0.1, 0.15) is 0 Å². The molecule has 0 N–H and O–H groups in total. The minimum absolute atomic E-state index is 0.779. The van der Waals surface area contributed by atoms with Gasteiger partial charge in [-0.15, -0.1) is 24.0 Å². The van der Waals surface area contributed by atoms with Gasteiger partial charge >= 0.3 is 0 Å². The molecular formula is C5H4N2S2. The van der Waals surface area contributed by atoms with Crippen LogP contribution in [0.25, 0.3) is 4.96 Å². The molecule has 2 rings (SSSR count). The number of aromatic nitrogens is 2. The number of imidazole rings is 1. The molecule has 0 bridgehead atoms. The first-order chi connectivity index (χ1) is 4.36. The van der Waals surface area contributed by atoms with Gasteiger partial charge in [0.15, 0.2) is 4.96 Å². The summed E-state index contributed by atoms with van der Waals surface area (Å²) in [5.74, 6) is 0. The quantitative estimate of drug-likeness (QED) is 0.574. The van der Waals surface area contributed by atoms with Crippen molar-refractivity contribution in [1.82, 2.24) is 9.38 Å². The SMILES string of the molecule is Sc1cn2ccsc2n1. The van der Waals surface area contributed by atoms with Crippen molar-refractivity contribution in [2.45, 2.75) is 5.03 Å². The van der Waals surface area contributed by atoms with Crippen molar-refractivity contribution in [3.8, 4) is 0 Å². The second-order valence-corrected chi connectivity index (χ2v) is 3.02. The van der Waals surface area contributed by atoms with Gasteiger partial charge in [-0.25, -0.2) is 4.98 Å². The molecule has 0 atom stereocenters. The van der Waals surface area contributed by atoms with Crippen LogP contribution >= 0.6 is 24.0 Å². The Bertz CT molecular complexity index is 294. The van der Waals surface area contributed by atoms with E-state index in [4.69, 9.17) is 0 Å². The van der Waals surface area contributed by atoms with Gasteiger partial charge < -0.3 is 0 Å². The number of nitrogens with zero attached hydrogens (tertiary/aromatic N) is 2. The van der Waals surface area contributed by atoms with Crippen LogP contribution in [-0.4, -0.2) is 9.38 Å². The van der Waals surface area contributed by atoms with E-state index in [-0.39, 0.29) is 0 Å². The van der Waals surface area contributed by atoms with Crippen LogP contribution in [-0.2, 0) is 0 Å². The summed E-state index contributed by atoms with van der Waals surface area (Å²) >= 11 is 5.69. The van der Waals surface area contributed by atoms with E-state index in [2.05, 4.69) is 17.6 Å². The van der Waals surface area contributed by atoms with Crippen LogP contribution in [0, 0.1) is 0 Å². The third kappa shape index (κ3) is 0.746. The van der Waals surface area contributed by atoms with Gasteiger partial charge in [-0.2, -0.15) is 0 Å². The van der Waals surface area contributed by atoms with Crippen LogP contribution in [0.4, 0.5) is 0 Å². The Morgan fingerprint density at radius 2 is 2.56 bits per heavy atom. The fourth-order valence-electron chi connectivity index (χ4n) is 0.715. The molecule has 0 aromatic carbocycles. The van der Waals surface area contributed by atoms with Crippen LogP contribution in [0.5, 0.6) is 0 Å². The number of thiol groups is 1. The lowest BCUT2D eigenvalue weighted by Crippen LogP contribution is -1.66. The highest BCUT2D eigenvalue weighted by Gasteiger charge is 1.95. The fourth-order valence-corrected chi connectivity index (χ4v) is 1.70. The topological polar surface area (TPSA) is 17.3 Å². The number of rotatable bonds is 0. The molecule has 9 heavy (non-hydrogen) atoms. The zero-order valence-corrected chi connectivity index (χ0v) is 6.19. The molecule has 0 aliphatic rings. The van der Waals surface area contributed by atoms with E-state index in [1.165, 1.54) is 0 Å². The highest BCUT2D eigenvalue weighted by Crippen LogP contribution is 2.12. The van der Waals surface area contributed by atoms with E-state index >= 15 is 0 Å². The van der Waals surface area contributed by atoms with Gasteiger partial charge in [-0.3, -0.25) is 4.40 Å². The van der Waals surface area contributed by atoms with E-state index in [1.807, 2.05) is 22.2 Å². The van der Waals surface area contributed by atoms with Crippen LogP contribution in [0.15, 0.2) is 22.8 Å². The third-order valence-electron chi connectivity index (χ3n) is 1.08. The molecule has 46 valence electrons. The Hall–Kier alpha value is -0.480. The lowest BCUT2D eigenvalue weighted by atomic mass is 10.9. The van der Waals surface area contributed by atoms with Crippen molar-refractivity contribution in [2.24, 2.45) is 0 Å². The van der Waals surface area contributed by atoms with E-state index < -0.39 is 0 Å². The number of hydrogen-bond acceptors (Lipinski definition) is 3. The van der Waals surface area contributed by atoms with Crippen molar-refractivity contribution in [3.05, 3.63) is 17.8 Å². The molecule has 0 aliphatic heterocycles. The van der Waals surface area contributed by atoms with Crippen molar-refractivity contribution in [1.29, 1.82) is 0 Å². The molecule has 2 heterocycles. The van der Waals surface area contributed by atoms with Gasteiger partial charge in [0, 0.05) is 17.8 Å². The molecule has 0 aliphatic carbocycles. The van der Waals surface area contributed by atoms with Crippen molar-refractivity contribution in [2.75, 3.05) is 0 Å². The Kier molecular flexibility index (Phi) is 1.03. The molecule has 0 spiro atoms. The highest BCUT2D eigenvalue weighted by atomic mass is 32.1. The van der Waals surface area contributed by atoms with Crippen LogP contribution in [0.2, 0.25) is 0 Å². The third-order valence-corrected chi connectivity index (χ3v) is 2.07. The van der Waals surface area contributed by atoms with Crippen molar-refractivity contribution in [3.63, 3.8) is 0 Å². The smallest absolute Gasteiger partial charge is 0.194 e. The van der Waals surface area contributed by atoms with E-state index in [0.717, 1.165) is 9.99 Å². The molecule has 0 fully saturated rings. The van der Waals surface area contributed by atoms with Gasteiger partial charge in [0.05, 0.1) is 0 Å². The van der Waals surface area contributed by atoms with E-state index in [9.17, 15) is 0 Å². The van der Waals surface area contributed by atoms with Gasteiger partial charge in [0.2, 0.25) is 0 Å². The second kappa shape index (κ2) is 1.75. The monoisotopic (exact) mass is 156 g/mol. The summed E-state index contributed by atoms with van der Waals surface area (Å²) < 4.78 is 1.95. The lowest BCUT2D eigenvalue weighted by Gasteiger charge is -1.71. The lowest BCUT2D eigenvalue weighted by molar-refractivity contribution is 1.21. The summed E-state index contributed by atoms with van der Waals surface area (Å²) in [4.78, 5) is 5.12. The molecule has 0 amide bonds. The maximum atomic E-state index is 4.12. The Labute approximate surface area is 61.6 Å². The summed E-state index contributed by atoms with van der Waals surface area (Å²) in [6, 6.07) is 0. The number of hydrogen-bond donors (Lipinski definition) is 1. The van der Waals surface area contributed by atoms with Crippen molar-refractivity contribution >= 4 is 28.9 Å². The second-order valence-electron chi connectivity index (χ2n) is 1.69. The Morgan fingerprint density at radius 1 is 1.67 bits per heavy atom. The standard InChI is InChI=1S/C5H4N2S2/c8-4-3-7-1-2-9-5(7)6-4/h1-3,8H. The minimum Gasteiger partial charge on any atom is -0.297 e. The normalized spacial score (nSPS) is 10.8. The molecular weight excluding hydrogens is 152 g/mol. The minimum atomic E-state index is 0.779. The van der Waals surface area contributed by atoms with Gasteiger partial charge in [0.25, 0.3) is 0 Å². The number of fused-ring (bicyclic) bond motifs is 1. The summed E-state index contributed by atoms with van der Waals surface area (Å²) in [6.45, 7) is 0. The summed E-state index contributed by atoms with van der Waals surface area (Å²) in [7, 11) is 0. The van der Waals surface area contributed by atoms with Gasteiger partial charge in [0.1, 0.15) is 5.03 Å². The average Bonchev–Trinajstić information content (AvgIpc) is 2.22. The van der Waals surface area contributed by atoms with E-state index in [1.54, 1.807) is 11.3 Å². The predicted octanol–water partition coefficient (Wildman–Crippen LogP) is 1.68. The molecule has 0 saturated carbocycles. The molecule has 2 aromatic heterocycles. The fraction of sp³-hybridized carbons (Fsp3) is 0. The Balaban J connectivity index is 2.92. The summed E-state index contributed by atoms with van der Waals surface area (Å²) in [5, 5.41) is 2.78. The number of thiazole rings is 1. The summed E-state index contributed by atoms with van der Waals surface area (Å²) in [5.41, 5.74) is 0. The largest absolute Gasteiger partial charge is 0.297 e. The van der Waals surface area contributed by atoms with Gasteiger partial charge in [-0.05, 0) is 0 Å². The highest BCUT2D eigenvalue weighted by molar-refractivity contribution is 7.80. The summed E-state index contributed by atoms with van der Waals surface area (Å²) in [6.07, 6.45) is 3.85. The first kappa shape index (κ1) is 5.32. The van der Waals surface area contributed by atoms with E-state index in [0.29, 0.717) is 0 Å². The molecule has 2 aromatic rings. The predicted molar refractivity (Wildman–Crippen MR) is 40.3 cm³/mol. The van der Waals surface area contributed by atoms with Gasteiger partial charge in [-0.1, -0.05) is 0 Å². The molecule has 0 saturated heterocycles. The maximum Gasteiger partial charge on any atom is 0.194 e. The molecule has 0 radical (unpaired) electrons. The van der Waals surface area contributed by atoms with Crippen LogP contribution in [0.3, 0.4) is 0 Å². The first-order valence-electron chi connectivity index (χ1n) is 2.47. The zero-order chi connectivity index (χ0) is 6.27. The average molecular weight is 156 g/mol.